The molecule has 0 atom stereocenters. The summed E-state index contributed by atoms with van der Waals surface area (Å²) in [5, 5.41) is 11.2. The van der Waals surface area contributed by atoms with Gasteiger partial charge >= 0.3 is 0 Å². The Morgan fingerprint density at radius 3 is 2.86 bits per heavy atom. The summed E-state index contributed by atoms with van der Waals surface area (Å²) < 4.78 is 5.14. The lowest BCUT2D eigenvalue weighted by Crippen LogP contribution is -2.32. The van der Waals surface area contributed by atoms with Crippen molar-refractivity contribution in [3.05, 3.63) is 70.2 Å². The Morgan fingerprint density at radius 1 is 1.24 bits per heavy atom. The van der Waals surface area contributed by atoms with E-state index in [9.17, 15) is 9.59 Å². The molecule has 2 aromatic carbocycles. The molecule has 1 aliphatic rings. The maximum atomic E-state index is 12.4. The van der Waals surface area contributed by atoms with Crippen molar-refractivity contribution in [2.24, 2.45) is 0 Å². The Kier molecular flexibility index (Phi) is 5.44. The average Bonchev–Trinajstić information content (AvgIpc) is 3.21. The van der Waals surface area contributed by atoms with Crippen LogP contribution in [0.3, 0.4) is 0 Å². The second kappa shape index (κ2) is 8.32. The number of methoxy groups -OCH3 is 1. The molecule has 0 unspecified atom stereocenters. The lowest BCUT2D eigenvalue weighted by molar-refractivity contribution is 0.0940. The second-order valence-corrected chi connectivity index (χ2v) is 7.43. The fourth-order valence-electron chi connectivity index (χ4n) is 3.08. The zero-order chi connectivity index (χ0) is 20.2. The minimum atomic E-state index is -0.258. The van der Waals surface area contributed by atoms with Crippen LogP contribution in [0, 0.1) is 0 Å². The number of carbonyl (C=O) groups excluding carboxylic acids is 2. The Labute approximate surface area is 172 Å². The molecule has 2 amide bonds. The molecule has 1 aromatic heterocycles. The molecular formula is C21H20N4O3S. The molecule has 0 radical (unpaired) electrons. The smallest absolute Gasteiger partial charge is 0.271 e. The van der Waals surface area contributed by atoms with Gasteiger partial charge in [0.2, 0.25) is 0 Å². The normalized spacial score (nSPS) is 12.7. The number of amides is 2. The van der Waals surface area contributed by atoms with E-state index in [4.69, 9.17) is 4.74 Å². The predicted octanol–water partition coefficient (Wildman–Crippen LogP) is 3.11. The van der Waals surface area contributed by atoms with E-state index < -0.39 is 0 Å². The molecule has 0 spiro atoms. The summed E-state index contributed by atoms with van der Waals surface area (Å²) in [5.74, 6) is 0.453. The number of aromatic nitrogens is 1. The molecule has 3 N–H and O–H groups in total. The van der Waals surface area contributed by atoms with Crippen LogP contribution in [0.1, 0.15) is 32.0 Å². The number of benzene rings is 2. The van der Waals surface area contributed by atoms with E-state index in [1.54, 1.807) is 12.5 Å². The third-order valence-corrected chi connectivity index (χ3v) is 5.39. The quantitative estimate of drug-likeness (QED) is 0.583. The molecule has 0 fully saturated rings. The Balaban J connectivity index is 1.37. The van der Waals surface area contributed by atoms with Gasteiger partial charge in [-0.2, -0.15) is 0 Å². The Hall–Kier alpha value is -3.39. The highest BCUT2D eigenvalue weighted by molar-refractivity contribution is 7.14. The van der Waals surface area contributed by atoms with E-state index in [2.05, 4.69) is 20.9 Å². The summed E-state index contributed by atoms with van der Waals surface area (Å²) in [7, 11) is 1.62. The zero-order valence-electron chi connectivity index (χ0n) is 15.8. The summed E-state index contributed by atoms with van der Waals surface area (Å²) >= 11 is 1.36. The molecule has 0 saturated heterocycles. The molecule has 4 rings (SSSR count). The number of fused-ring (bicyclic) bond motifs is 1. The van der Waals surface area contributed by atoms with Crippen LogP contribution in [0.25, 0.3) is 0 Å². The summed E-state index contributed by atoms with van der Waals surface area (Å²) in [5.41, 5.74) is 3.81. The maximum Gasteiger partial charge on any atom is 0.271 e. The molecule has 29 heavy (non-hydrogen) atoms. The maximum absolute atomic E-state index is 12.4. The van der Waals surface area contributed by atoms with Gasteiger partial charge in [0.1, 0.15) is 11.4 Å². The number of rotatable bonds is 6. The van der Waals surface area contributed by atoms with Gasteiger partial charge in [-0.1, -0.05) is 12.1 Å². The van der Waals surface area contributed by atoms with Crippen molar-refractivity contribution in [2.45, 2.75) is 13.0 Å². The van der Waals surface area contributed by atoms with E-state index in [1.165, 1.54) is 11.3 Å². The zero-order valence-corrected chi connectivity index (χ0v) is 16.6. The largest absolute Gasteiger partial charge is 0.497 e. The Bertz CT molecular complexity index is 1050. The fraction of sp³-hybridized carbons (Fsp3) is 0.190. The summed E-state index contributed by atoms with van der Waals surface area (Å²) in [6.45, 7) is 0.997. The molecule has 148 valence electrons. The predicted molar refractivity (Wildman–Crippen MR) is 112 cm³/mol. The van der Waals surface area contributed by atoms with Crippen molar-refractivity contribution in [3.63, 3.8) is 0 Å². The molecule has 1 aliphatic heterocycles. The molecular weight excluding hydrogens is 388 g/mol. The van der Waals surface area contributed by atoms with Crippen molar-refractivity contribution >= 4 is 34.0 Å². The van der Waals surface area contributed by atoms with Gasteiger partial charge in [0.05, 0.1) is 7.11 Å². The molecule has 0 saturated carbocycles. The van der Waals surface area contributed by atoms with Crippen LogP contribution in [0.2, 0.25) is 0 Å². The number of nitrogens with one attached hydrogen (secondary N) is 3. The van der Waals surface area contributed by atoms with Crippen LogP contribution < -0.4 is 20.7 Å². The lowest BCUT2D eigenvalue weighted by Gasteiger charge is -2.17. The molecule has 7 nitrogen and oxygen atoms in total. The summed E-state index contributed by atoms with van der Waals surface area (Å²) in [4.78, 5) is 28.7. The van der Waals surface area contributed by atoms with Crippen LogP contribution >= 0.6 is 11.3 Å². The van der Waals surface area contributed by atoms with Crippen molar-refractivity contribution < 1.29 is 14.3 Å². The highest BCUT2D eigenvalue weighted by atomic mass is 32.1. The Morgan fingerprint density at radius 2 is 2.07 bits per heavy atom. The van der Waals surface area contributed by atoms with Crippen LogP contribution in [-0.4, -0.2) is 30.5 Å². The van der Waals surface area contributed by atoms with Crippen molar-refractivity contribution in [1.82, 2.24) is 15.6 Å². The topological polar surface area (TPSA) is 92.3 Å². The van der Waals surface area contributed by atoms with Crippen LogP contribution in [0.5, 0.6) is 5.75 Å². The number of hydrogen-bond acceptors (Lipinski definition) is 6. The number of nitrogens with zero attached hydrogens (tertiary/aromatic N) is 1. The minimum Gasteiger partial charge on any atom is -0.497 e. The van der Waals surface area contributed by atoms with Crippen LogP contribution in [0.4, 0.5) is 10.8 Å². The van der Waals surface area contributed by atoms with Crippen LogP contribution in [-0.2, 0) is 13.0 Å². The first-order valence-electron chi connectivity index (χ1n) is 9.17. The van der Waals surface area contributed by atoms with Crippen LogP contribution in [0.15, 0.2) is 47.8 Å². The van der Waals surface area contributed by atoms with Gasteiger partial charge in [-0.25, -0.2) is 4.98 Å². The highest BCUT2D eigenvalue weighted by Crippen LogP contribution is 2.23. The van der Waals surface area contributed by atoms with Crippen molar-refractivity contribution in [3.8, 4) is 5.75 Å². The fourth-order valence-corrected chi connectivity index (χ4v) is 3.79. The van der Waals surface area contributed by atoms with E-state index in [1.807, 2.05) is 42.5 Å². The monoisotopic (exact) mass is 408 g/mol. The lowest BCUT2D eigenvalue weighted by atomic mass is 9.98. The van der Waals surface area contributed by atoms with E-state index >= 15 is 0 Å². The van der Waals surface area contributed by atoms with Gasteiger partial charge in [-0.3, -0.25) is 9.59 Å². The number of carbonyl (C=O) groups is 2. The first-order chi connectivity index (χ1) is 14.1. The standard InChI is InChI=1S/C21H20N4O3S/c1-28-16-6-4-15(5-7-16)24-21-25-18(12-29-21)20(27)23-11-13-2-3-14-8-9-22-19(26)17(14)10-13/h2-7,10,12H,8-9,11H2,1H3,(H,22,26)(H,23,27)(H,24,25). The molecule has 8 heteroatoms. The number of thiazole rings is 1. The van der Waals surface area contributed by atoms with E-state index in [-0.39, 0.29) is 11.8 Å². The van der Waals surface area contributed by atoms with E-state index in [0.717, 1.165) is 29.0 Å². The summed E-state index contributed by atoms with van der Waals surface area (Å²) in [6.07, 6.45) is 0.830. The number of ether oxygens (including phenoxy) is 1. The van der Waals surface area contributed by atoms with Crippen molar-refractivity contribution in [2.75, 3.05) is 19.0 Å². The molecule has 0 bridgehead atoms. The second-order valence-electron chi connectivity index (χ2n) is 6.57. The molecule has 2 heterocycles. The first-order valence-corrected chi connectivity index (χ1v) is 10.0. The third kappa shape index (κ3) is 4.38. The molecule has 3 aromatic rings. The highest BCUT2D eigenvalue weighted by Gasteiger charge is 2.17. The number of anilines is 2. The minimum absolute atomic E-state index is 0.0619. The van der Waals surface area contributed by atoms with Gasteiger partial charge in [0.25, 0.3) is 11.8 Å². The van der Waals surface area contributed by atoms with Gasteiger partial charge in [0, 0.05) is 29.7 Å². The first kappa shape index (κ1) is 18.9. The van der Waals surface area contributed by atoms with E-state index in [0.29, 0.717) is 29.5 Å². The molecule has 0 aliphatic carbocycles. The van der Waals surface area contributed by atoms with Crippen molar-refractivity contribution in [1.29, 1.82) is 0 Å². The van der Waals surface area contributed by atoms with Gasteiger partial charge in [-0.05, 0) is 47.9 Å². The number of hydrogen-bond donors (Lipinski definition) is 3. The SMILES string of the molecule is COc1ccc(Nc2nc(C(=O)NCc3ccc4c(c3)C(=O)NCC4)cs2)cc1. The summed E-state index contributed by atoms with van der Waals surface area (Å²) in [6, 6.07) is 13.2. The van der Waals surface area contributed by atoms with Gasteiger partial charge in [-0.15, -0.1) is 11.3 Å². The van der Waals surface area contributed by atoms with Gasteiger partial charge in [0.15, 0.2) is 5.13 Å². The van der Waals surface area contributed by atoms with Gasteiger partial charge < -0.3 is 20.7 Å². The third-order valence-electron chi connectivity index (χ3n) is 4.63. The average molecular weight is 408 g/mol.